The number of carbonyl (C=O) groups excluding carboxylic acids is 2. The Morgan fingerprint density at radius 1 is 1.03 bits per heavy atom. The molecule has 0 fully saturated rings. The molecule has 0 radical (unpaired) electrons. The van der Waals surface area contributed by atoms with Crippen molar-refractivity contribution in [1.29, 1.82) is 0 Å². The molecular formula is C29H32BrNO6. The number of ether oxygens (including phenoxy) is 4. The first-order chi connectivity index (χ1) is 17.9. The summed E-state index contributed by atoms with van der Waals surface area (Å²) in [6.45, 7) is 4.75. The Morgan fingerprint density at radius 2 is 1.76 bits per heavy atom. The summed E-state index contributed by atoms with van der Waals surface area (Å²) < 4.78 is 22.3. The topological polar surface area (TPSA) is 83.1 Å². The fraction of sp³-hybridized carbons (Fsp3) is 0.379. The maximum Gasteiger partial charge on any atom is 0.336 e. The Balaban J connectivity index is 1.72. The van der Waals surface area contributed by atoms with Crippen molar-refractivity contribution in [3.8, 4) is 11.5 Å². The Labute approximate surface area is 225 Å². The molecule has 2 aromatic carbocycles. The lowest BCUT2D eigenvalue weighted by Gasteiger charge is -2.36. The van der Waals surface area contributed by atoms with Crippen molar-refractivity contribution in [2.45, 2.75) is 38.5 Å². The van der Waals surface area contributed by atoms with E-state index in [4.69, 9.17) is 18.9 Å². The summed E-state index contributed by atoms with van der Waals surface area (Å²) in [5.74, 6) is 0.473. The second kappa shape index (κ2) is 12.0. The second-order valence-corrected chi connectivity index (χ2v) is 9.87. The van der Waals surface area contributed by atoms with Crippen LogP contribution in [0.1, 0.15) is 49.7 Å². The predicted molar refractivity (Wildman–Crippen MR) is 144 cm³/mol. The maximum absolute atomic E-state index is 13.7. The van der Waals surface area contributed by atoms with Crippen LogP contribution >= 0.6 is 15.9 Å². The van der Waals surface area contributed by atoms with Crippen molar-refractivity contribution in [1.82, 2.24) is 5.32 Å². The van der Waals surface area contributed by atoms with Crippen LogP contribution in [0.25, 0.3) is 0 Å². The molecule has 196 valence electrons. The van der Waals surface area contributed by atoms with Gasteiger partial charge in [0.05, 0.1) is 30.9 Å². The summed E-state index contributed by atoms with van der Waals surface area (Å²) in [6, 6.07) is 13.5. The number of esters is 1. The largest absolute Gasteiger partial charge is 0.497 e. The monoisotopic (exact) mass is 569 g/mol. The van der Waals surface area contributed by atoms with E-state index in [1.165, 1.54) is 0 Å². The predicted octanol–water partition coefficient (Wildman–Crippen LogP) is 5.41. The lowest BCUT2D eigenvalue weighted by atomic mass is 9.71. The van der Waals surface area contributed by atoms with Gasteiger partial charge in [0.25, 0.3) is 0 Å². The number of dihydropyridines is 1. The second-order valence-electron chi connectivity index (χ2n) is 9.02. The van der Waals surface area contributed by atoms with Crippen LogP contribution in [0.2, 0.25) is 0 Å². The highest BCUT2D eigenvalue weighted by Crippen LogP contribution is 2.46. The molecule has 2 aromatic rings. The zero-order valence-corrected chi connectivity index (χ0v) is 23.1. The van der Waals surface area contributed by atoms with Crippen LogP contribution in [0.4, 0.5) is 0 Å². The number of Topliss-reactive ketones (excluding diaryl/α,β-unsaturated/α-hetero) is 1. The summed E-state index contributed by atoms with van der Waals surface area (Å²) in [4.78, 5) is 27.1. The van der Waals surface area contributed by atoms with E-state index in [-0.39, 0.29) is 18.3 Å². The number of carbonyl (C=O) groups is 2. The number of halogens is 1. The third-order valence-corrected chi connectivity index (χ3v) is 7.43. The Hall–Kier alpha value is -3.10. The molecule has 2 aliphatic rings. The van der Waals surface area contributed by atoms with Gasteiger partial charge in [-0.05, 0) is 77.5 Å². The summed E-state index contributed by atoms with van der Waals surface area (Å²) >= 11 is 3.56. The maximum atomic E-state index is 13.7. The molecule has 0 amide bonds. The number of allylic oxidation sites excluding steroid dienone is 3. The number of nitrogens with one attached hydrogen (secondary N) is 1. The molecule has 1 aliphatic carbocycles. The van der Waals surface area contributed by atoms with Crippen LogP contribution in [-0.4, -0.2) is 45.8 Å². The van der Waals surface area contributed by atoms with Crippen LogP contribution in [0, 0.1) is 0 Å². The molecule has 0 aromatic heterocycles. The molecule has 2 atom stereocenters. The van der Waals surface area contributed by atoms with Crippen molar-refractivity contribution in [3.05, 3.63) is 80.6 Å². The van der Waals surface area contributed by atoms with E-state index in [2.05, 4.69) is 21.2 Å². The van der Waals surface area contributed by atoms with Gasteiger partial charge >= 0.3 is 5.97 Å². The van der Waals surface area contributed by atoms with Gasteiger partial charge in [-0.3, -0.25) is 4.79 Å². The number of methoxy groups -OCH3 is 2. The van der Waals surface area contributed by atoms with Gasteiger partial charge in [0.2, 0.25) is 0 Å². The highest BCUT2D eigenvalue weighted by molar-refractivity contribution is 9.10. The summed E-state index contributed by atoms with van der Waals surface area (Å²) in [5, 5.41) is 3.39. The third kappa shape index (κ3) is 5.75. The van der Waals surface area contributed by atoms with E-state index in [9.17, 15) is 9.59 Å². The van der Waals surface area contributed by atoms with Crippen LogP contribution in [-0.2, 0) is 19.1 Å². The highest BCUT2D eigenvalue weighted by atomic mass is 79.9. The molecule has 4 rings (SSSR count). The molecule has 8 heteroatoms. The lowest BCUT2D eigenvalue weighted by Crippen LogP contribution is -2.36. The molecular weight excluding hydrogens is 538 g/mol. The Morgan fingerprint density at radius 3 is 2.41 bits per heavy atom. The molecule has 1 heterocycles. The molecule has 1 N–H and O–H groups in total. The lowest BCUT2D eigenvalue weighted by molar-refractivity contribution is -0.140. The van der Waals surface area contributed by atoms with E-state index >= 15 is 0 Å². The SMILES string of the molecule is CCOCCOC(=O)C1=C(C)NC2=C(C(=O)C[C@@H](c3ccc(OC)cc3)C2)[C@@H]1c1ccc(OC)c(Br)c1. The van der Waals surface area contributed by atoms with E-state index in [0.29, 0.717) is 48.6 Å². The van der Waals surface area contributed by atoms with Crippen LogP contribution in [0.3, 0.4) is 0 Å². The summed E-state index contributed by atoms with van der Waals surface area (Å²) in [6.07, 6.45) is 1.01. The van der Waals surface area contributed by atoms with Crippen molar-refractivity contribution in [2.75, 3.05) is 34.0 Å². The molecule has 0 bridgehead atoms. The van der Waals surface area contributed by atoms with Crippen molar-refractivity contribution in [2.24, 2.45) is 0 Å². The summed E-state index contributed by atoms with van der Waals surface area (Å²) in [7, 11) is 3.23. The van der Waals surface area contributed by atoms with Crippen molar-refractivity contribution >= 4 is 27.7 Å². The van der Waals surface area contributed by atoms with E-state index in [0.717, 1.165) is 27.0 Å². The highest BCUT2D eigenvalue weighted by Gasteiger charge is 2.41. The molecule has 7 nitrogen and oxygen atoms in total. The van der Waals surface area contributed by atoms with Gasteiger partial charge in [0.15, 0.2) is 5.78 Å². The van der Waals surface area contributed by atoms with Gasteiger partial charge < -0.3 is 24.3 Å². The first-order valence-corrected chi connectivity index (χ1v) is 13.1. The van der Waals surface area contributed by atoms with E-state index in [1.54, 1.807) is 14.2 Å². The van der Waals surface area contributed by atoms with E-state index in [1.807, 2.05) is 56.3 Å². The number of hydrogen-bond donors (Lipinski definition) is 1. The summed E-state index contributed by atoms with van der Waals surface area (Å²) in [5.41, 5.74) is 4.47. The minimum Gasteiger partial charge on any atom is -0.497 e. The van der Waals surface area contributed by atoms with Gasteiger partial charge in [0.1, 0.15) is 18.1 Å². The van der Waals surface area contributed by atoms with Gasteiger partial charge in [-0.2, -0.15) is 0 Å². The quantitative estimate of drug-likeness (QED) is 0.319. The first-order valence-electron chi connectivity index (χ1n) is 12.3. The molecule has 0 unspecified atom stereocenters. The van der Waals surface area contributed by atoms with Crippen LogP contribution in [0.15, 0.2) is 69.5 Å². The number of ketones is 1. The minimum absolute atomic E-state index is 0.0126. The van der Waals surface area contributed by atoms with Gasteiger partial charge in [-0.25, -0.2) is 4.79 Å². The fourth-order valence-corrected chi connectivity index (χ4v) is 5.59. The standard InChI is InChI=1S/C29H32BrNO6/c1-5-36-12-13-37-29(33)26-17(2)31-23-15-20(18-6-9-21(34-3)10-7-18)16-24(32)28(23)27(26)19-8-11-25(35-4)22(30)14-19/h6-11,14,20,27,31H,5,12-13,15-16H2,1-4H3/t20-,27+/m0/s1. The number of hydrogen-bond acceptors (Lipinski definition) is 7. The Kier molecular flexibility index (Phi) is 8.71. The van der Waals surface area contributed by atoms with Crippen molar-refractivity contribution in [3.63, 3.8) is 0 Å². The smallest absolute Gasteiger partial charge is 0.336 e. The minimum atomic E-state index is -0.553. The molecule has 1 aliphatic heterocycles. The average Bonchev–Trinajstić information content (AvgIpc) is 2.90. The number of benzene rings is 2. The zero-order valence-electron chi connectivity index (χ0n) is 21.6. The van der Waals surface area contributed by atoms with E-state index < -0.39 is 11.9 Å². The zero-order chi connectivity index (χ0) is 26.5. The first kappa shape index (κ1) is 26.9. The number of rotatable bonds is 9. The van der Waals surface area contributed by atoms with Crippen molar-refractivity contribution < 1.29 is 28.5 Å². The molecule has 0 saturated heterocycles. The van der Waals surface area contributed by atoms with Crippen LogP contribution < -0.4 is 14.8 Å². The fourth-order valence-electron chi connectivity index (χ4n) is 5.03. The van der Waals surface area contributed by atoms with Crippen LogP contribution in [0.5, 0.6) is 11.5 Å². The van der Waals surface area contributed by atoms with Gasteiger partial charge in [-0.15, -0.1) is 0 Å². The molecule has 37 heavy (non-hydrogen) atoms. The van der Waals surface area contributed by atoms with Gasteiger partial charge in [-0.1, -0.05) is 18.2 Å². The normalized spacial score (nSPS) is 19.3. The molecule has 0 saturated carbocycles. The third-order valence-electron chi connectivity index (χ3n) is 6.81. The Bertz CT molecular complexity index is 1230. The molecule has 0 spiro atoms. The van der Waals surface area contributed by atoms with Gasteiger partial charge in [0, 0.05) is 35.9 Å². The average molecular weight is 570 g/mol.